The third kappa shape index (κ3) is 3.59. The zero-order valence-electron chi connectivity index (χ0n) is 14.5. The van der Waals surface area contributed by atoms with Crippen molar-refractivity contribution >= 4 is 35.0 Å². The van der Waals surface area contributed by atoms with E-state index < -0.39 is 11.5 Å². The number of rotatable bonds is 5. The number of carbonyl (C=O) groups is 2. The van der Waals surface area contributed by atoms with Crippen LogP contribution in [0.4, 0.5) is 11.6 Å². The van der Waals surface area contributed by atoms with Gasteiger partial charge in [0.05, 0.1) is 12.3 Å². The molecule has 0 aliphatic carbocycles. The molecule has 0 saturated carbocycles. The van der Waals surface area contributed by atoms with E-state index in [1.807, 2.05) is 13.8 Å². The van der Waals surface area contributed by atoms with Crippen LogP contribution in [0.5, 0.6) is 0 Å². The molecule has 138 valence electrons. The molecule has 0 bridgehead atoms. The van der Waals surface area contributed by atoms with Gasteiger partial charge in [0.25, 0.3) is 0 Å². The molecule has 0 spiro atoms. The van der Waals surface area contributed by atoms with E-state index in [0.29, 0.717) is 29.2 Å². The van der Waals surface area contributed by atoms with E-state index in [4.69, 9.17) is 16.1 Å². The molecule has 2 heterocycles. The van der Waals surface area contributed by atoms with Crippen LogP contribution in [0, 0.1) is 0 Å². The number of anilines is 2. The Bertz CT molecular complexity index is 816. The largest absolute Gasteiger partial charge is 0.395 e. The Labute approximate surface area is 155 Å². The van der Waals surface area contributed by atoms with Crippen molar-refractivity contribution in [1.82, 2.24) is 5.16 Å². The molecule has 7 nitrogen and oxygen atoms in total. The van der Waals surface area contributed by atoms with Crippen molar-refractivity contribution in [3.8, 4) is 0 Å². The number of amides is 2. The average Bonchev–Trinajstić information content (AvgIpc) is 3.23. The number of benzene rings is 1. The van der Waals surface area contributed by atoms with Crippen molar-refractivity contribution in [2.75, 3.05) is 16.8 Å². The molecule has 1 aliphatic heterocycles. The van der Waals surface area contributed by atoms with Crippen molar-refractivity contribution in [3.63, 3.8) is 0 Å². The number of aromatic nitrogens is 1. The Morgan fingerprint density at radius 3 is 2.77 bits per heavy atom. The molecular weight excluding hydrogens is 358 g/mol. The molecule has 2 N–H and O–H groups in total. The fourth-order valence-corrected chi connectivity index (χ4v) is 2.92. The van der Waals surface area contributed by atoms with Crippen LogP contribution in [0.15, 0.2) is 34.9 Å². The maximum absolute atomic E-state index is 12.7. The Balaban J connectivity index is 1.76. The van der Waals surface area contributed by atoms with E-state index in [1.165, 1.54) is 4.90 Å². The number of hydrogen-bond donors (Lipinski definition) is 2. The summed E-state index contributed by atoms with van der Waals surface area (Å²) in [7, 11) is 0. The number of carbonyl (C=O) groups excluding carboxylic acids is 2. The van der Waals surface area contributed by atoms with Gasteiger partial charge in [0, 0.05) is 28.6 Å². The normalized spacial score (nSPS) is 17.6. The van der Waals surface area contributed by atoms with E-state index >= 15 is 0 Å². The van der Waals surface area contributed by atoms with Crippen LogP contribution in [-0.4, -0.2) is 34.7 Å². The zero-order valence-corrected chi connectivity index (χ0v) is 15.3. The Hall–Kier alpha value is -2.38. The molecule has 2 aromatic rings. The second-order valence-electron chi connectivity index (χ2n) is 6.90. The monoisotopic (exact) mass is 377 g/mol. The van der Waals surface area contributed by atoms with Gasteiger partial charge in [0.1, 0.15) is 6.04 Å². The van der Waals surface area contributed by atoms with Crippen molar-refractivity contribution in [2.24, 2.45) is 0 Å². The molecule has 1 saturated heterocycles. The van der Waals surface area contributed by atoms with E-state index in [2.05, 4.69) is 10.5 Å². The van der Waals surface area contributed by atoms with E-state index in [0.717, 1.165) is 0 Å². The summed E-state index contributed by atoms with van der Waals surface area (Å²) in [4.78, 5) is 26.4. The second kappa shape index (κ2) is 7.09. The van der Waals surface area contributed by atoms with E-state index in [9.17, 15) is 14.7 Å². The summed E-state index contributed by atoms with van der Waals surface area (Å²) < 4.78 is 5.15. The lowest BCUT2D eigenvalue weighted by Crippen LogP contribution is -2.41. The van der Waals surface area contributed by atoms with Gasteiger partial charge in [-0.3, -0.25) is 19.8 Å². The Morgan fingerprint density at radius 2 is 2.12 bits per heavy atom. The highest BCUT2D eigenvalue weighted by Crippen LogP contribution is 2.29. The third-order valence-corrected chi connectivity index (χ3v) is 4.72. The zero-order chi connectivity index (χ0) is 18.9. The summed E-state index contributed by atoms with van der Waals surface area (Å²) in [5.41, 5.74) is 0.578. The summed E-state index contributed by atoms with van der Waals surface area (Å²) in [5, 5.41) is 16.5. The first-order valence-electron chi connectivity index (χ1n) is 8.28. The Morgan fingerprint density at radius 1 is 1.42 bits per heavy atom. The molecule has 0 unspecified atom stereocenters. The standard InChI is InChI=1S/C18H20ClN3O4/c1-18(2,10-23)14-9-15(26-21-14)20-17(25)13-7-8-16(24)22(13)12-5-3-11(19)4-6-12/h3-6,9,13,23H,7-8,10H2,1-2H3,(H,20,25)/t13-/m0/s1. The van der Waals surface area contributed by atoms with Crippen molar-refractivity contribution in [2.45, 2.75) is 38.1 Å². The topological polar surface area (TPSA) is 95.7 Å². The molecule has 1 aromatic carbocycles. The van der Waals surface area contributed by atoms with E-state index in [1.54, 1.807) is 30.3 Å². The molecule has 1 aliphatic rings. The third-order valence-electron chi connectivity index (χ3n) is 4.46. The molecule has 0 radical (unpaired) electrons. The minimum absolute atomic E-state index is 0.103. The van der Waals surface area contributed by atoms with Crippen molar-refractivity contribution in [1.29, 1.82) is 0 Å². The molecule has 1 atom stereocenters. The highest BCUT2D eigenvalue weighted by molar-refractivity contribution is 6.30. The highest BCUT2D eigenvalue weighted by Gasteiger charge is 2.37. The van der Waals surface area contributed by atoms with Gasteiger partial charge in [-0.25, -0.2) is 0 Å². The van der Waals surface area contributed by atoms with Gasteiger partial charge >= 0.3 is 0 Å². The summed E-state index contributed by atoms with van der Waals surface area (Å²) in [6.07, 6.45) is 0.705. The van der Waals surface area contributed by atoms with Gasteiger partial charge in [0.2, 0.25) is 17.7 Å². The lowest BCUT2D eigenvalue weighted by Gasteiger charge is -2.23. The molecule has 1 fully saturated rings. The highest BCUT2D eigenvalue weighted by atomic mass is 35.5. The second-order valence-corrected chi connectivity index (χ2v) is 7.34. The summed E-state index contributed by atoms with van der Waals surface area (Å²) in [5.74, 6) is -0.288. The predicted octanol–water partition coefficient (Wildman–Crippen LogP) is 2.73. The smallest absolute Gasteiger partial charge is 0.249 e. The summed E-state index contributed by atoms with van der Waals surface area (Å²) >= 11 is 5.89. The minimum atomic E-state index is -0.636. The Kier molecular flexibility index (Phi) is 5.02. The first-order chi connectivity index (χ1) is 12.3. The van der Waals surface area contributed by atoms with Gasteiger partial charge in [-0.1, -0.05) is 30.6 Å². The molecule has 26 heavy (non-hydrogen) atoms. The summed E-state index contributed by atoms with van der Waals surface area (Å²) in [6.45, 7) is 3.52. The maximum atomic E-state index is 12.7. The van der Waals surface area contributed by atoms with Gasteiger partial charge in [-0.2, -0.15) is 0 Å². The van der Waals surface area contributed by atoms with E-state index in [-0.39, 0.29) is 24.3 Å². The first-order valence-corrected chi connectivity index (χ1v) is 8.66. The molecule has 2 amide bonds. The fourth-order valence-electron chi connectivity index (χ4n) is 2.80. The maximum Gasteiger partial charge on any atom is 0.249 e. The molecule has 3 rings (SSSR count). The van der Waals surface area contributed by atoms with Crippen LogP contribution >= 0.6 is 11.6 Å². The van der Waals surface area contributed by atoms with Crippen LogP contribution in [-0.2, 0) is 15.0 Å². The molecule has 8 heteroatoms. The van der Waals surface area contributed by atoms with Gasteiger partial charge in [0.15, 0.2) is 0 Å². The van der Waals surface area contributed by atoms with Crippen LogP contribution in [0.2, 0.25) is 5.02 Å². The van der Waals surface area contributed by atoms with Gasteiger partial charge in [-0.15, -0.1) is 0 Å². The summed E-state index contributed by atoms with van der Waals surface area (Å²) in [6, 6.07) is 7.72. The number of hydrogen-bond acceptors (Lipinski definition) is 5. The number of aliphatic hydroxyl groups excluding tert-OH is 1. The number of halogens is 1. The quantitative estimate of drug-likeness (QED) is 0.835. The van der Waals surface area contributed by atoms with Crippen LogP contribution in [0.3, 0.4) is 0 Å². The van der Waals surface area contributed by atoms with Crippen molar-refractivity contribution < 1.29 is 19.2 Å². The van der Waals surface area contributed by atoms with Crippen LogP contribution < -0.4 is 10.2 Å². The lowest BCUT2D eigenvalue weighted by molar-refractivity contribution is -0.120. The van der Waals surface area contributed by atoms with Gasteiger partial charge < -0.3 is 9.63 Å². The fraction of sp³-hybridized carbons (Fsp3) is 0.389. The number of aliphatic hydroxyl groups is 1. The van der Waals surface area contributed by atoms with Gasteiger partial charge in [-0.05, 0) is 30.7 Å². The SMILES string of the molecule is CC(C)(CO)c1cc(NC(=O)[C@@H]2CCC(=O)N2c2ccc(Cl)cc2)on1. The molecular formula is C18H20ClN3O4. The number of nitrogens with one attached hydrogen (secondary N) is 1. The molecule has 1 aromatic heterocycles. The minimum Gasteiger partial charge on any atom is -0.395 e. The van der Waals surface area contributed by atoms with Crippen molar-refractivity contribution in [3.05, 3.63) is 41.0 Å². The number of nitrogens with zero attached hydrogens (tertiary/aromatic N) is 2. The predicted molar refractivity (Wildman–Crippen MR) is 97.2 cm³/mol. The van der Waals surface area contributed by atoms with Crippen LogP contribution in [0.25, 0.3) is 0 Å². The first kappa shape index (κ1) is 18.4. The van der Waals surface area contributed by atoms with Crippen LogP contribution in [0.1, 0.15) is 32.4 Å². The lowest BCUT2D eigenvalue weighted by atomic mass is 9.91. The average molecular weight is 378 g/mol.